The van der Waals surface area contributed by atoms with Gasteiger partial charge in [0.2, 0.25) is 0 Å². The smallest absolute Gasteiger partial charge is 0.332 e. The van der Waals surface area contributed by atoms with Crippen molar-refractivity contribution in [1.29, 1.82) is 0 Å². The lowest BCUT2D eigenvalue weighted by Crippen LogP contribution is -2.37. The van der Waals surface area contributed by atoms with Crippen LogP contribution in [0.25, 0.3) is 11.0 Å². The number of benzene rings is 1. The summed E-state index contributed by atoms with van der Waals surface area (Å²) in [5.41, 5.74) is 0.581. The zero-order valence-corrected chi connectivity index (χ0v) is 15.6. The van der Waals surface area contributed by atoms with Crippen LogP contribution in [0.1, 0.15) is 23.0 Å². The van der Waals surface area contributed by atoms with Gasteiger partial charge >= 0.3 is 5.69 Å². The Hall–Kier alpha value is -3.42. The molecular formula is C19H20N4O4. The summed E-state index contributed by atoms with van der Waals surface area (Å²) >= 11 is 0. The Morgan fingerprint density at radius 3 is 2.44 bits per heavy atom. The van der Waals surface area contributed by atoms with Gasteiger partial charge in [0.05, 0.1) is 23.3 Å². The second-order valence-electron chi connectivity index (χ2n) is 6.11. The predicted octanol–water partition coefficient (Wildman–Crippen LogP) is 1.59. The molecule has 8 heteroatoms. The predicted molar refractivity (Wildman–Crippen MR) is 103 cm³/mol. The quantitative estimate of drug-likeness (QED) is 0.755. The molecule has 0 fully saturated rings. The van der Waals surface area contributed by atoms with Crippen LogP contribution < -0.4 is 21.3 Å². The maximum Gasteiger partial charge on any atom is 0.332 e. The molecule has 0 spiro atoms. The number of nitrogens with zero attached hydrogens (tertiary/aromatic N) is 3. The molecule has 8 nitrogen and oxygen atoms in total. The number of nitrogens with one attached hydrogen (secondary N) is 1. The second-order valence-corrected chi connectivity index (χ2v) is 6.11. The van der Waals surface area contributed by atoms with Crippen LogP contribution in [0.2, 0.25) is 0 Å². The van der Waals surface area contributed by atoms with E-state index in [4.69, 9.17) is 4.74 Å². The standard InChI is InChI=1S/C19H20N4O4/c1-5-27-13-8-6-12(7-9-13)21-17(24)14-10-15-16(20-11(14)2)22(3)19(26)23(4)18(15)25/h6-10H,5H2,1-4H3,(H,21,24). The van der Waals surface area contributed by atoms with E-state index in [0.717, 1.165) is 4.57 Å². The van der Waals surface area contributed by atoms with Crippen LogP contribution in [0.15, 0.2) is 39.9 Å². The van der Waals surface area contributed by atoms with Gasteiger partial charge < -0.3 is 10.1 Å². The molecule has 0 saturated carbocycles. The normalized spacial score (nSPS) is 10.8. The minimum absolute atomic E-state index is 0.210. The Kier molecular flexibility index (Phi) is 4.81. The molecule has 0 aliphatic heterocycles. The van der Waals surface area contributed by atoms with Crippen molar-refractivity contribution in [3.05, 3.63) is 62.4 Å². The first-order valence-electron chi connectivity index (χ1n) is 8.45. The van der Waals surface area contributed by atoms with Crippen molar-refractivity contribution in [3.63, 3.8) is 0 Å². The van der Waals surface area contributed by atoms with Gasteiger partial charge in [0, 0.05) is 19.8 Å². The third-order valence-corrected chi connectivity index (χ3v) is 4.29. The van der Waals surface area contributed by atoms with E-state index in [1.165, 1.54) is 24.7 Å². The fraction of sp³-hybridized carbons (Fsp3) is 0.263. The third-order valence-electron chi connectivity index (χ3n) is 4.29. The lowest BCUT2D eigenvalue weighted by molar-refractivity contribution is 0.102. The Morgan fingerprint density at radius 1 is 1.15 bits per heavy atom. The minimum atomic E-state index is -0.490. The van der Waals surface area contributed by atoms with Crippen molar-refractivity contribution in [2.45, 2.75) is 13.8 Å². The van der Waals surface area contributed by atoms with Crippen molar-refractivity contribution in [2.75, 3.05) is 11.9 Å². The molecule has 0 bridgehead atoms. The maximum absolute atomic E-state index is 12.7. The van der Waals surface area contributed by atoms with Gasteiger partial charge in [-0.2, -0.15) is 0 Å². The number of amides is 1. The summed E-state index contributed by atoms with van der Waals surface area (Å²) in [4.78, 5) is 41.4. The first-order chi connectivity index (χ1) is 12.8. The van der Waals surface area contributed by atoms with Gasteiger partial charge in [-0.25, -0.2) is 9.78 Å². The number of pyridine rings is 1. The fourth-order valence-corrected chi connectivity index (χ4v) is 2.82. The molecule has 3 aromatic rings. The number of hydrogen-bond acceptors (Lipinski definition) is 5. The number of rotatable bonds is 4. The third kappa shape index (κ3) is 3.33. The molecule has 27 heavy (non-hydrogen) atoms. The number of fused-ring (bicyclic) bond motifs is 1. The number of aromatic nitrogens is 3. The van der Waals surface area contributed by atoms with Crippen molar-refractivity contribution >= 4 is 22.6 Å². The van der Waals surface area contributed by atoms with E-state index in [-0.39, 0.29) is 22.5 Å². The van der Waals surface area contributed by atoms with Crippen molar-refractivity contribution in [2.24, 2.45) is 14.1 Å². The van der Waals surface area contributed by atoms with Crippen LogP contribution in [0.5, 0.6) is 5.75 Å². The van der Waals surface area contributed by atoms with Gasteiger partial charge in [0.25, 0.3) is 11.5 Å². The summed E-state index contributed by atoms with van der Waals surface area (Å²) in [6.45, 7) is 4.12. The van der Waals surface area contributed by atoms with Gasteiger partial charge in [-0.05, 0) is 44.2 Å². The monoisotopic (exact) mass is 368 g/mol. The summed E-state index contributed by atoms with van der Waals surface area (Å²) < 4.78 is 7.66. The Labute approximate surface area is 155 Å². The Balaban J connectivity index is 2.01. The number of anilines is 1. The highest BCUT2D eigenvalue weighted by molar-refractivity contribution is 6.06. The molecule has 0 saturated heterocycles. The van der Waals surface area contributed by atoms with Crippen molar-refractivity contribution in [1.82, 2.24) is 14.1 Å². The van der Waals surface area contributed by atoms with Crippen molar-refractivity contribution < 1.29 is 9.53 Å². The van der Waals surface area contributed by atoms with Crippen LogP contribution >= 0.6 is 0 Å². The highest BCUT2D eigenvalue weighted by atomic mass is 16.5. The average Bonchev–Trinajstić information content (AvgIpc) is 2.66. The largest absolute Gasteiger partial charge is 0.494 e. The molecule has 1 amide bonds. The number of carbonyl (C=O) groups is 1. The van der Waals surface area contributed by atoms with Crippen molar-refractivity contribution in [3.8, 4) is 5.75 Å². The summed E-state index contributed by atoms with van der Waals surface area (Å²) in [6.07, 6.45) is 0. The second kappa shape index (κ2) is 7.06. The number of ether oxygens (including phenoxy) is 1. The van der Waals surface area contributed by atoms with Crippen LogP contribution in [-0.2, 0) is 14.1 Å². The molecule has 0 unspecified atom stereocenters. The summed E-state index contributed by atoms with van der Waals surface area (Å²) in [7, 11) is 2.93. The lowest BCUT2D eigenvalue weighted by Gasteiger charge is -2.11. The van der Waals surface area contributed by atoms with Gasteiger partial charge in [0.1, 0.15) is 11.4 Å². The molecule has 0 aliphatic carbocycles. The molecule has 0 atom stereocenters. The zero-order chi connectivity index (χ0) is 19.7. The van der Waals surface area contributed by atoms with Crippen LogP contribution in [0.3, 0.4) is 0 Å². The van der Waals surface area contributed by atoms with Gasteiger partial charge in [-0.3, -0.25) is 18.7 Å². The van der Waals surface area contributed by atoms with Crippen LogP contribution in [0.4, 0.5) is 5.69 Å². The molecule has 140 valence electrons. The number of aryl methyl sites for hydroxylation is 2. The molecule has 3 rings (SSSR count). The highest BCUT2D eigenvalue weighted by Gasteiger charge is 2.17. The molecular weight excluding hydrogens is 348 g/mol. The molecule has 1 aromatic carbocycles. The van der Waals surface area contributed by atoms with E-state index < -0.39 is 11.2 Å². The topological polar surface area (TPSA) is 95.2 Å². The van der Waals surface area contributed by atoms with E-state index in [9.17, 15) is 14.4 Å². The van der Waals surface area contributed by atoms with Gasteiger partial charge in [-0.15, -0.1) is 0 Å². The molecule has 1 N–H and O–H groups in total. The Morgan fingerprint density at radius 2 is 1.81 bits per heavy atom. The highest BCUT2D eigenvalue weighted by Crippen LogP contribution is 2.18. The first-order valence-corrected chi connectivity index (χ1v) is 8.45. The zero-order valence-electron chi connectivity index (χ0n) is 15.6. The fourth-order valence-electron chi connectivity index (χ4n) is 2.82. The van der Waals surface area contributed by atoms with Gasteiger partial charge in [0.15, 0.2) is 0 Å². The SMILES string of the molecule is CCOc1ccc(NC(=O)c2cc3c(=O)n(C)c(=O)n(C)c3nc2C)cc1. The number of carbonyl (C=O) groups excluding carboxylic acids is 1. The van der Waals surface area contributed by atoms with E-state index in [2.05, 4.69) is 10.3 Å². The summed E-state index contributed by atoms with van der Waals surface area (Å²) in [6, 6.07) is 8.46. The summed E-state index contributed by atoms with van der Waals surface area (Å²) in [5.74, 6) is 0.324. The lowest BCUT2D eigenvalue weighted by atomic mass is 10.1. The van der Waals surface area contributed by atoms with Crippen LogP contribution in [0, 0.1) is 6.92 Å². The average molecular weight is 368 g/mol. The molecule has 2 aromatic heterocycles. The molecule has 0 radical (unpaired) electrons. The van der Waals surface area contributed by atoms with E-state index in [0.29, 0.717) is 23.7 Å². The summed E-state index contributed by atoms with van der Waals surface area (Å²) in [5, 5.41) is 2.99. The van der Waals surface area contributed by atoms with Gasteiger partial charge in [-0.1, -0.05) is 0 Å². The number of hydrogen-bond donors (Lipinski definition) is 1. The van der Waals surface area contributed by atoms with E-state index >= 15 is 0 Å². The van der Waals surface area contributed by atoms with Crippen LogP contribution in [-0.4, -0.2) is 26.6 Å². The molecule has 0 aliphatic rings. The molecule has 2 heterocycles. The first kappa shape index (κ1) is 18.4. The van der Waals surface area contributed by atoms with E-state index in [1.807, 2.05) is 6.92 Å². The Bertz CT molecular complexity index is 1140. The van der Waals surface area contributed by atoms with E-state index in [1.54, 1.807) is 31.2 Å². The minimum Gasteiger partial charge on any atom is -0.494 e. The maximum atomic E-state index is 12.7.